The average Bonchev–Trinajstić information content (AvgIpc) is 3.12. The van der Waals surface area contributed by atoms with Gasteiger partial charge in [0.2, 0.25) is 5.91 Å². The third kappa shape index (κ3) is 4.63. The molecule has 0 saturated carbocycles. The number of rotatable bonds is 7. The Balaban J connectivity index is 1.38. The highest BCUT2D eigenvalue weighted by Crippen LogP contribution is 2.33. The van der Waals surface area contributed by atoms with E-state index in [0.29, 0.717) is 6.54 Å². The number of carbonyl (C=O) groups is 1. The van der Waals surface area contributed by atoms with Crippen LogP contribution in [0.15, 0.2) is 35.4 Å². The quantitative estimate of drug-likeness (QED) is 0.631. The first-order chi connectivity index (χ1) is 14.5. The van der Waals surface area contributed by atoms with E-state index in [1.54, 1.807) is 22.2 Å². The number of hydrogen-bond acceptors (Lipinski definition) is 5. The van der Waals surface area contributed by atoms with Gasteiger partial charge < -0.3 is 10.2 Å². The zero-order valence-electron chi connectivity index (χ0n) is 17.6. The summed E-state index contributed by atoms with van der Waals surface area (Å²) in [5.41, 5.74) is 3.19. The summed E-state index contributed by atoms with van der Waals surface area (Å²) in [6.45, 7) is 1.32. The second-order valence-electron chi connectivity index (χ2n) is 8.18. The molecule has 1 aromatic carbocycles. The Kier molecular flexibility index (Phi) is 6.29. The molecule has 3 aromatic rings. The van der Waals surface area contributed by atoms with Crippen molar-refractivity contribution in [1.82, 2.24) is 14.5 Å². The standard InChI is InChI=1S/C23H28N4O2S/c1-26(2)13-11-16-7-9-17(10-8-16)25-20(28)12-14-27-15-24-22-21(23(27)29)18-5-3-4-6-19(18)30-22/h7-10,15H,3-6,11-14H2,1-2H3,(H,25,28). The largest absolute Gasteiger partial charge is 0.326 e. The van der Waals surface area contributed by atoms with E-state index in [4.69, 9.17) is 0 Å². The summed E-state index contributed by atoms with van der Waals surface area (Å²) in [5, 5.41) is 3.69. The van der Waals surface area contributed by atoms with Gasteiger partial charge in [-0.3, -0.25) is 14.2 Å². The molecule has 1 aliphatic rings. The van der Waals surface area contributed by atoms with Crippen molar-refractivity contribution in [2.24, 2.45) is 0 Å². The summed E-state index contributed by atoms with van der Waals surface area (Å²) in [6.07, 6.45) is 7.12. The van der Waals surface area contributed by atoms with Crippen molar-refractivity contribution >= 4 is 33.1 Å². The first-order valence-electron chi connectivity index (χ1n) is 10.5. The van der Waals surface area contributed by atoms with Crippen molar-refractivity contribution < 1.29 is 4.79 Å². The molecule has 0 fully saturated rings. The summed E-state index contributed by atoms with van der Waals surface area (Å²) in [6, 6.07) is 7.95. The van der Waals surface area contributed by atoms with Crippen LogP contribution in [0.5, 0.6) is 0 Å². The minimum absolute atomic E-state index is 0.0163. The smallest absolute Gasteiger partial charge is 0.262 e. The monoisotopic (exact) mass is 424 g/mol. The summed E-state index contributed by atoms with van der Waals surface area (Å²) < 4.78 is 1.58. The Morgan fingerprint density at radius 2 is 1.97 bits per heavy atom. The third-order valence-corrected chi connectivity index (χ3v) is 6.81. The molecule has 0 saturated heterocycles. The van der Waals surface area contributed by atoms with Crippen molar-refractivity contribution in [2.45, 2.75) is 45.1 Å². The topological polar surface area (TPSA) is 67.2 Å². The minimum atomic E-state index is -0.101. The number of amides is 1. The maximum absolute atomic E-state index is 13.0. The second-order valence-corrected chi connectivity index (χ2v) is 9.27. The zero-order valence-corrected chi connectivity index (χ0v) is 18.4. The van der Waals surface area contributed by atoms with Gasteiger partial charge in [-0.1, -0.05) is 12.1 Å². The van der Waals surface area contributed by atoms with E-state index in [2.05, 4.69) is 29.3 Å². The van der Waals surface area contributed by atoms with Crippen LogP contribution in [0.1, 0.15) is 35.3 Å². The van der Waals surface area contributed by atoms with Crippen LogP contribution in [0.2, 0.25) is 0 Å². The van der Waals surface area contributed by atoms with Gasteiger partial charge in [0, 0.05) is 30.1 Å². The molecular weight excluding hydrogens is 396 g/mol. The maximum atomic E-state index is 13.0. The Hall–Kier alpha value is -2.51. The van der Waals surface area contributed by atoms with Crippen molar-refractivity contribution in [1.29, 1.82) is 0 Å². The molecule has 2 heterocycles. The van der Waals surface area contributed by atoms with Gasteiger partial charge in [0.05, 0.1) is 11.7 Å². The molecule has 4 rings (SSSR count). The molecule has 2 aromatic heterocycles. The number of carbonyl (C=O) groups excluding carboxylic acids is 1. The van der Waals surface area contributed by atoms with Crippen molar-refractivity contribution in [3.8, 4) is 0 Å². The molecule has 0 atom stereocenters. The van der Waals surface area contributed by atoms with Gasteiger partial charge in [-0.15, -0.1) is 11.3 Å². The highest BCUT2D eigenvalue weighted by molar-refractivity contribution is 7.18. The number of benzene rings is 1. The molecule has 0 radical (unpaired) electrons. The fourth-order valence-electron chi connectivity index (χ4n) is 3.89. The maximum Gasteiger partial charge on any atom is 0.262 e. The molecule has 1 aliphatic carbocycles. The fraction of sp³-hybridized carbons (Fsp3) is 0.435. The van der Waals surface area contributed by atoms with Crippen LogP contribution in [-0.2, 0) is 30.6 Å². The highest BCUT2D eigenvalue weighted by atomic mass is 32.1. The second kappa shape index (κ2) is 9.10. The first kappa shape index (κ1) is 20.8. The average molecular weight is 425 g/mol. The van der Waals surface area contributed by atoms with E-state index in [1.807, 2.05) is 24.3 Å². The van der Waals surface area contributed by atoms with Gasteiger partial charge in [0.15, 0.2) is 0 Å². The van der Waals surface area contributed by atoms with Crippen LogP contribution in [0.3, 0.4) is 0 Å². The minimum Gasteiger partial charge on any atom is -0.326 e. The van der Waals surface area contributed by atoms with Gasteiger partial charge in [0.1, 0.15) is 4.83 Å². The zero-order chi connectivity index (χ0) is 21.1. The molecular formula is C23H28N4O2S. The van der Waals surface area contributed by atoms with E-state index in [-0.39, 0.29) is 17.9 Å². The van der Waals surface area contributed by atoms with Crippen LogP contribution in [0.4, 0.5) is 5.69 Å². The Bertz CT molecular complexity index is 1100. The number of aromatic nitrogens is 2. The van der Waals surface area contributed by atoms with Crippen molar-refractivity contribution in [2.75, 3.05) is 26.0 Å². The molecule has 0 unspecified atom stereocenters. The van der Waals surface area contributed by atoms with E-state index in [0.717, 1.165) is 48.1 Å². The van der Waals surface area contributed by atoms with E-state index in [9.17, 15) is 9.59 Å². The summed E-state index contributed by atoms with van der Waals surface area (Å²) in [5.74, 6) is -0.101. The lowest BCUT2D eigenvalue weighted by Gasteiger charge is -2.11. The summed E-state index contributed by atoms with van der Waals surface area (Å²) in [7, 11) is 4.11. The van der Waals surface area contributed by atoms with E-state index in [1.165, 1.54) is 22.4 Å². The lowest BCUT2D eigenvalue weighted by molar-refractivity contribution is -0.116. The number of hydrogen-bond donors (Lipinski definition) is 1. The third-order valence-electron chi connectivity index (χ3n) is 5.61. The molecule has 1 amide bonds. The van der Waals surface area contributed by atoms with Gasteiger partial charge in [-0.25, -0.2) is 4.98 Å². The van der Waals surface area contributed by atoms with Crippen LogP contribution < -0.4 is 10.9 Å². The molecule has 30 heavy (non-hydrogen) atoms. The number of nitrogens with zero attached hydrogens (tertiary/aromatic N) is 3. The molecule has 1 N–H and O–H groups in total. The fourth-order valence-corrected chi connectivity index (χ4v) is 5.11. The Morgan fingerprint density at radius 3 is 2.73 bits per heavy atom. The number of nitrogens with one attached hydrogen (secondary N) is 1. The Labute approximate surface area is 180 Å². The highest BCUT2D eigenvalue weighted by Gasteiger charge is 2.20. The normalized spacial score (nSPS) is 13.6. The van der Waals surface area contributed by atoms with Crippen molar-refractivity contribution in [3.63, 3.8) is 0 Å². The number of thiophene rings is 1. The molecule has 0 aliphatic heterocycles. The molecule has 6 nitrogen and oxygen atoms in total. The predicted octanol–water partition coefficient (Wildman–Crippen LogP) is 3.47. The lowest BCUT2D eigenvalue weighted by atomic mass is 9.97. The SMILES string of the molecule is CN(C)CCc1ccc(NC(=O)CCn2cnc3sc4c(c3c2=O)CCCC4)cc1. The number of fused-ring (bicyclic) bond motifs is 3. The number of anilines is 1. The van der Waals surface area contributed by atoms with Gasteiger partial charge in [-0.2, -0.15) is 0 Å². The molecule has 158 valence electrons. The first-order valence-corrected chi connectivity index (χ1v) is 11.4. The Morgan fingerprint density at radius 1 is 1.20 bits per heavy atom. The van der Waals surface area contributed by atoms with Crippen LogP contribution >= 0.6 is 11.3 Å². The van der Waals surface area contributed by atoms with E-state index >= 15 is 0 Å². The molecule has 0 spiro atoms. The van der Waals surface area contributed by atoms with Crippen LogP contribution in [0.25, 0.3) is 10.2 Å². The van der Waals surface area contributed by atoms with Gasteiger partial charge in [0.25, 0.3) is 5.56 Å². The summed E-state index contributed by atoms with van der Waals surface area (Å²) >= 11 is 1.65. The number of aryl methyl sites for hydroxylation is 3. The van der Waals surface area contributed by atoms with Crippen molar-refractivity contribution in [3.05, 3.63) is 57.0 Å². The molecule has 7 heteroatoms. The predicted molar refractivity (Wildman–Crippen MR) is 122 cm³/mol. The summed E-state index contributed by atoms with van der Waals surface area (Å²) in [4.78, 5) is 34.2. The van der Waals surface area contributed by atoms with Crippen LogP contribution in [-0.4, -0.2) is 41.0 Å². The van der Waals surface area contributed by atoms with Gasteiger partial charge in [-0.05, 0) is 69.5 Å². The van der Waals surface area contributed by atoms with E-state index < -0.39 is 0 Å². The number of likely N-dealkylation sites (N-methyl/N-ethyl adjacent to an activating group) is 1. The molecule has 0 bridgehead atoms. The van der Waals surface area contributed by atoms with Gasteiger partial charge >= 0.3 is 0 Å². The van der Waals surface area contributed by atoms with Crippen LogP contribution in [0, 0.1) is 0 Å². The lowest BCUT2D eigenvalue weighted by Crippen LogP contribution is -2.24.